The lowest BCUT2D eigenvalue weighted by molar-refractivity contribution is 0.102. The summed E-state index contributed by atoms with van der Waals surface area (Å²) < 4.78 is 13.6. The number of rotatable bonds is 4. The molecule has 0 saturated heterocycles. The van der Waals surface area contributed by atoms with E-state index in [4.69, 9.17) is 23.2 Å². The van der Waals surface area contributed by atoms with Crippen molar-refractivity contribution in [3.63, 3.8) is 0 Å². The fourth-order valence-corrected chi connectivity index (χ4v) is 2.34. The highest BCUT2D eigenvalue weighted by atomic mass is 35.5. The Morgan fingerprint density at radius 3 is 2.44 bits per heavy atom. The molecule has 0 radical (unpaired) electrons. The van der Waals surface area contributed by atoms with Crippen molar-refractivity contribution in [3.05, 3.63) is 76.4 Å². The Morgan fingerprint density at radius 1 is 0.960 bits per heavy atom. The number of carbonyl (C=O) groups excluding carboxylic acids is 1. The van der Waals surface area contributed by atoms with Crippen LogP contribution >= 0.6 is 23.2 Å². The van der Waals surface area contributed by atoms with E-state index in [0.29, 0.717) is 16.5 Å². The molecule has 2 aromatic carbocycles. The zero-order valence-electron chi connectivity index (χ0n) is 12.6. The molecule has 2 N–H and O–H groups in total. The molecule has 3 aromatic rings. The maximum atomic E-state index is 13.6. The molecule has 0 saturated carbocycles. The molecule has 0 spiro atoms. The predicted octanol–water partition coefficient (Wildman–Crippen LogP) is 4.92. The van der Waals surface area contributed by atoms with Gasteiger partial charge in [-0.3, -0.25) is 4.79 Å². The normalized spacial score (nSPS) is 10.4. The van der Waals surface area contributed by atoms with Crippen molar-refractivity contribution in [3.8, 4) is 0 Å². The molecule has 8 heteroatoms. The summed E-state index contributed by atoms with van der Waals surface area (Å²) in [6, 6.07) is 11.1. The van der Waals surface area contributed by atoms with Crippen LogP contribution in [0.4, 0.5) is 21.6 Å². The Balaban J connectivity index is 1.72. The quantitative estimate of drug-likeness (QED) is 0.678. The van der Waals surface area contributed by atoms with Crippen LogP contribution in [0, 0.1) is 5.82 Å². The number of nitrogens with one attached hydrogen (secondary N) is 2. The maximum absolute atomic E-state index is 13.6. The second-order valence-corrected chi connectivity index (χ2v) is 5.73. The number of amides is 1. The van der Waals surface area contributed by atoms with Gasteiger partial charge in [-0.15, -0.1) is 0 Å². The maximum Gasteiger partial charge on any atom is 0.275 e. The molecule has 126 valence electrons. The summed E-state index contributed by atoms with van der Waals surface area (Å²) in [5.74, 6) is -0.599. The van der Waals surface area contributed by atoms with Crippen LogP contribution < -0.4 is 10.6 Å². The second kappa shape index (κ2) is 7.46. The van der Waals surface area contributed by atoms with Gasteiger partial charge in [0.15, 0.2) is 0 Å². The smallest absolute Gasteiger partial charge is 0.275 e. The monoisotopic (exact) mass is 376 g/mol. The van der Waals surface area contributed by atoms with E-state index in [1.165, 1.54) is 18.5 Å². The van der Waals surface area contributed by atoms with E-state index in [-0.39, 0.29) is 16.4 Å². The van der Waals surface area contributed by atoms with Crippen molar-refractivity contribution < 1.29 is 9.18 Å². The standard InChI is InChI=1S/C17H11Cl2FN4O/c18-10-4-3-7-13(16(10)19)24-17(25)14-8-22-15(9-21-14)23-12-6-2-1-5-11(12)20/h1-9H,(H,22,23)(H,24,25). The zero-order valence-corrected chi connectivity index (χ0v) is 14.1. The lowest BCUT2D eigenvalue weighted by Crippen LogP contribution is -2.14. The molecule has 0 unspecified atom stereocenters. The summed E-state index contributed by atoms with van der Waals surface area (Å²) in [4.78, 5) is 20.3. The van der Waals surface area contributed by atoms with Crippen molar-refractivity contribution in [2.75, 3.05) is 10.6 Å². The number of halogens is 3. The first-order valence-corrected chi connectivity index (χ1v) is 7.89. The third-order valence-corrected chi connectivity index (χ3v) is 4.04. The van der Waals surface area contributed by atoms with Gasteiger partial charge in [0.05, 0.1) is 33.8 Å². The number of nitrogens with zero attached hydrogens (tertiary/aromatic N) is 2. The van der Waals surface area contributed by atoms with E-state index in [2.05, 4.69) is 20.6 Å². The van der Waals surface area contributed by atoms with E-state index in [0.717, 1.165) is 0 Å². The number of aromatic nitrogens is 2. The Labute approximate surface area is 152 Å². The second-order valence-electron chi connectivity index (χ2n) is 4.95. The van der Waals surface area contributed by atoms with E-state index in [1.54, 1.807) is 36.4 Å². The fourth-order valence-electron chi connectivity index (χ4n) is 2.00. The van der Waals surface area contributed by atoms with Crippen molar-refractivity contribution in [2.45, 2.75) is 0 Å². The van der Waals surface area contributed by atoms with Crippen LogP contribution in [0.25, 0.3) is 0 Å². The van der Waals surface area contributed by atoms with Crippen LogP contribution in [0.1, 0.15) is 10.5 Å². The third-order valence-electron chi connectivity index (χ3n) is 3.22. The van der Waals surface area contributed by atoms with Gasteiger partial charge >= 0.3 is 0 Å². The van der Waals surface area contributed by atoms with Gasteiger partial charge in [-0.2, -0.15) is 0 Å². The number of anilines is 3. The summed E-state index contributed by atoms with van der Waals surface area (Å²) in [5, 5.41) is 5.96. The molecule has 1 aromatic heterocycles. The number of hydrogen-bond donors (Lipinski definition) is 2. The van der Waals surface area contributed by atoms with Crippen LogP contribution in [0.2, 0.25) is 10.0 Å². The third kappa shape index (κ3) is 4.04. The van der Waals surface area contributed by atoms with Crippen LogP contribution in [0.5, 0.6) is 0 Å². The lowest BCUT2D eigenvalue weighted by atomic mass is 10.3. The van der Waals surface area contributed by atoms with E-state index >= 15 is 0 Å². The average molecular weight is 377 g/mol. The predicted molar refractivity (Wildman–Crippen MR) is 96.1 cm³/mol. The van der Waals surface area contributed by atoms with Gasteiger partial charge in [-0.1, -0.05) is 41.4 Å². The molecule has 1 amide bonds. The van der Waals surface area contributed by atoms with Crippen LogP contribution in [-0.4, -0.2) is 15.9 Å². The molecule has 0 atom stereocenters. The topological polar surface area (TPSA) is 66.9 Å². The molecule has 0 aliphatic heterocycles. The molecule has 0 bridgehead atoms. The molecule has 0 aliphatic carbocycles. The lowest BCUT2D eigenvalue weighted by Gasteiger charge is -2.09. The summed E-state index contributed by atoms with van der Waals surface area (Å²) in [7, 11) is 0. The highest BCUT2D eigenvalue weighted by Gasteiger charge is 2.12. The van der Waals surface area contributed by atoms with Crippen molar-refractivity contribution in [2.24, 2.45) is 0 Å². The minimum Gasteiger partial charge on any atom is -0.337 e. The molecular weight excluding hydrogens is 366 g/mol. The molecule has 25 heavy (non-hydrogen) atoms. The van der Waals surface area contributed by atoms with Crippen molar-refractivity contribution >= 4 is 46.3 Å². The van der Waals surface area contributed by atoms with E-state index < -0.39 is 11.7 Å². The molecule has 1 heterocycles. The van der Waals surface area contributed by atoms with Gasteiger partial charge in [0, 0.05) is 0 Å². The van der Waals surface area contributed by atoms with Crippen molar-refractivity contribution in [1.29, 1.82) is 0 Å². The Bertz CT molecular complexity index is 919. The molecular formula is C17H11Cl2FN4O. The molecule has 0 aliphatic rings. The fraction of sp³-hybridized carbons (Fsp3) is 0. The minimum absolute atomic E-state index is 0.0788. The zero-order chi connectivity index (χ0) is 17.8. The van der Waals surface area contributed by atoms with Crippen molar-refractivity contribution in [1.82, 2.24) is 9.97 Å². The highest BCUT2D eigenvalue weighted by Crippen LogP contribution is 2.29. The first-order chi connectivity index (χ1) is 12.0. The SMILES string of the molecule is O=C(Nc1cccc(Cl)c1Cl)c1cnc(Nc2ccccc2F)cn1. The first-order valence-electron chi connectivity index (χ1n) is 7.13. The molecule has 3 rings (SSSR count). The summed E-state index contributed by atoms with van der Waals surface area (Å²) >= 11 is 11.9. The summed E-state index contributed by atoms with van der Waals surface area (Å²) in [5.41, 5.74) is 0.712. The molecule has 0 fully saturated rings. The Morgan fingerprint density at radius 2 is 1.72 bits per heavy atom. The largest absolute Gasteiger partial charge is 0.337 e. The Kier molecular flexibility index (Phi) is 5.11. The first kappa shape index (κ1) is 17.1. The number of benzene rings is 2. The van der Waals surface area contributed by atoms with Crippen LogP contribution in [0.15, 0.2) is 54.9 Å². The Hall–Kier alpha value is -2.70. The van der Waals surface area contributed by atoms with Gasteiger partial charge in [-0.25, -0.2) is 14.4 Å². The summed E-state index contributed by atoms with van der Waals surface area (Å²) in [6.07, 6.45) is 2.61. The molecule has 5 nitrogen and oxygen atoms in total. The number of para-hydroxylation sites is 1. The van der Waals surface area contributed by atoms with Gasteiger partial charge < -0.3 is 10.6 Å². The van der Waals surface area contributed by atoms with Gasteiger partial charge in [0.1, 0.15) is 17.3 Å². The number of carbonyl (C=O) groups is 1. The highest BCUT2D eigenvalue weighted by molar-refractivity contribution is 6.44. The van der Waals surface area contributed by atoms with Gasteiger partial charge in [0.2, 0.25) is 0 Å². The van der Waals surface area contributed by atoms with Gasteiger partial charge in [-0.05, 0) is 24.3 Å². The minimum atomic E-state index is -0.492. The van der Waals surface area contributed by atoms with E-state index in [9.17, 15) is 9.18 Å². The van der Waals surface area contributed by atoms with Crippen LogP contribution in [-0.2, 0) is 0 Å². The average Bonchev–Trinajstić information content (AvgIpc) is 2.61. The summed E-state index contributed by atoms with van der Waals surface area (Å²) in [6.45, 7) is 0. The van der Waals surface area contributed by atoms with E-state index in [1.807, 2.05) is 0 Å². The van der Waals surface area contributed by atoms with Crippen LogP contribution in [0.3, 0.4) is 0 Å². The number of hydrogen-bond acceptors (Lipinski definition) is 4. The van der Waals surface area contributed by atoms with Gasteiger partial charge in [0.25, 0.3) is 5.91 Å².